The maximum atomic E-state index is 5.48. The van der Waals surface area contributed by atoms with Gasteiger partial charge < -0.3 is 9.73 Å². The second kappa shape index (κ2) is 5.89. The maximum absolute atomic E-state index is 5.48. The van der Waals surface area contributed by atoms with Gasteiger partial charge in [0.25, 0.3) is 0 Å². The lowest BCUT2D eigenvalue weighted by molar-refractivity contribution is 0.438. The molecule has 15 heavy (non-hydrogen) atoms. The average Bonchev–Trinajstić information content (AvgIpc) is 2.84. The first kappa shape index (κ1) is 11.5. The fourth-order valence-electron chi connectivity index (χ4n) is 2.26. The van der Waals surface area contributed by atoms with Gasteiger partial charge in [0.05, 0.1) is 6.54 Å². The van der Waals surface area contributed by atoms with Crippen molar-refractivity contribution in [1.82, 2.24) is 5.32 Å². The Bertz CT molecular complexity index is 292. The van der Waals surface area contributed by atoms with Crippen LogP contribution in [0.2, 0.25) is 0 Å². The lowest BCUT2D eigenvalue weighted by atomic mass is 10.0. The first-order chi connectivity index (χ1) is 7.34. The SMILES string of the molecule is Ic1ccc(CNCCC2CCCC2)o1. The Morgan fingerprint density at radius 1 is 1.33 bits per heavy atom. The number of halogens is 1. The van der Waals surface area contributed by atoms with Crippen molar-refractivity contribution in [3.63, 3.8) is 0 Å². The summed E-state index contributed by atoms with van der Waals surface area (Å²) in [5, 5.41) is 3.44. The predicted octanol–water partition coefficient (Wildman–Crippen LogP) is 3.55. The van der Waals surface area contributed by atoms with Gasteiger partial charge in [-0.25, -0.2) is 0 Å². The third-order valence-electron chi connectivity index (χ3n) is 3.13. The molecule has 1 heterocycles. The molecule has 3 heteroatoms. The second-order valence-electron chi connectivity index (χ2n) is 4.32. The summed E-state index contributed by atoms with van der Waals surface area (Å²) < 4.78 is 6.45. The molecule has 1 N–H and O–H groups in total. The van der Waals surface area contributed by atoms with Crippen molar-refractivity contribution in [2.45, 2.75) is 38.6 Å². The number of hydrogen-bond donors (Lipinski definition) is 1. The average molecular weight is 319 g/mol. The van der Waals surface area contributed by atoms with Crippen LogP contribution in [0.25, 0.3) is 0 Å². The molecule has 1 saturated carbocycles. The van der Waals surface area contributed by atoms with Gasteiger partial charge in [-0.3, -0.25) is 0 Å². The standard InChI is InChI=1S/C12H18INO/c13-12-6-5-11(15-12)9-14-8-7-10-3-1-2-4-10/h5-6,10,14H,1-4,7-9H2. The van der Waals surface area contributed by atoms with Crippen molar-refractivity contribution in [3.05, 3.63) is 21.7 Å². The third-order valence-corrected chi connectivity index (χ3v) is 3.71. The molecule has 1 aromatic heterocycles. The van der Waals surface area contributed by atoms with E-state index in [4.69, 9.17) is 4.42 Å². The van der Waals surface area contributed by atoms with Crippen LogP contribution in [0, 0.1) is 9.68 Å². The van der Waals surface area contributed by atoms with Gasteiger partial charge in [0, 0.05) is 0 Å². The molecule has 2 nitrogen and oxygen atoms in total. The van der Waals surface area contributed by atoms with E-state index in [1.807, 2.05) is 12.1 Å². The highest BCUT2D eigenvalue weighted by molar-refractivity contribution is 14.1. The van der Waals surface area contributed by atoms with E-state index < -0.39 is 0 Å². The summed E-state index contributed by atoms with van der Waals surface area (Å²) in [4.78, 5) is 0. The molecule has 1 fully saturated rings. The molecular weight excluding hydrogens is 301 g/mol. The summed E-state index contributed by atoms with van der Waals surface area (Å²) >= 11 is 2.20. The van der Waals surface area contributed by atoms with Gasteiger partial charge in [0.2, 0.25) is 0 Å². The Labute approximate surface area is 105 Å². The maximum Gasteiger partial charge on any atom is 0.164 e. The van der Waals surface area contributed by atoms with Crippen LogP contribution in [0.3, 0.4) is 0 Å². The summed E-state index contributed by atoms with van der Waals surface area (Å²) in [6.07, 6.45) is 7.11. The molecule has 0 saturated heterocycles. The number of nitrogens with one attached hydrogen (secondary N) is 1. The fraction of sp³-hybridized carbons (Fsp3) is 0.667. The van der Waals surface area contributed by atoms with Crippen LogP contribution in [-0.4, -0.2) is 6.54 Å². The van der Waals surface area contributed by atoms with Gasteiger partial charge in [-0.15, -0.1) is 0 Å². The van der Waals surface area contributed by atoms with E-state index in [0.717, 1.165) is 28.5 Å². The van der Waals surface area contributed by atoms with Crippen LogP contribution < -0.4 is 5.32 Å². The van der Waals surface area contributed by atoms with E-state index >= 15 is 0 Å². The van der Waals surface area contributed by atoms with Crippen LogP contribution in [0.15, 0.2) is 16.5 Å². The molecule has 1 aliphatic carbocycles. The Kier molecular flexibility index (Phi) is 4.50. The molecule has 0 amide bonds. The molecule has 0 bridgehead atoms. The molecule has 1 aromatic rings. The number of hydrogen-bond acceptors (Lipinski definition) is 2. The van der Waals surface area contributed by atoms with Crippen LogP contribution in [0.1, 0.15) is 37.9 Å². The monoisotopic (exact) mass is 319 g/mol. The molecule has 2 rings (SSSR count). The first-order valence-corrected chi connectivity index (χ1v) is 6.87. The second-order valence-corrected chi connectivity index (χ2v) is 5.38. The quantitative estimate of drug-likeness (QED) is 0.663. The van der Waals surface area contributed by atoms with E-state index in [1.54, 1.807) is 0 Å². The Hall–Kier alpha value is -0.0300. The minimum absolute atomic E-state index is 0.871. The van der Waals surface area contributed by atoms with Crippen molar-refractivity contribution in [3.8, 4) is 0 Å². The van der Waals surface area contributed by atoms with E-state index in [0.29, 0.717) is 0 Å². The van der Waals surface area contributed by atoms with Crippen molar-refractivity contribution >= 4 is 22.6 Å². The third kappa shape index (κ3) is 3.79. The van der Waals surface area contributed by atoms with Gasteiger partial charge in [0.15, 0.2) is 3.77 Å². The summed E-state index contributed by atoms with van der Waals surface area (Å²) in [7, 11) is 0. The van der Waals surface area contributed by atoms with E-state index in [1.165, 1.54) is 32.1 Å². The molecule has 84 valence electrons. The summed E-state index contributed by atoms with van der Waals surface area (Å²) in [5.41, 5.74) is 0. The Balaban J connectivity index is 1.58. The van der Waals surface area contributed by atoms with Gasteiger partial charge >= 0.3 is 0 Å². The summed E-state index contributed by atoms with van der Waals surface area (Å²) in [5.74, 6) is 2.03. The van der Waals surface area contributed by atoms with Crippen molar-refractivity contribution in [2.24, 2.45) is 5.92 Å². The van der Waals surface area contributed by atoms with Crippen LogP contribution >= 0.6 is 22.6 Å². The van der Waals surface area contributed by atoms with Crippen LogP contribution in [0.4, 0.5) is 0 Å². The normalized spacial score (nSPS) is 17.4. The van der Waals surface area contributed by atoms with Gasteiger partial charge in [-0.05, 0) is 53.6 Å². The molecule has 0 spiro atoms. The highest BCUT2D eigenvalue weighted by atomic mass is 127. The predicted molar refractivity (Wildman–Crippen MR) is 69.7 cm³/mol. The van der Waals surface area contributed by atoms with Gasteiger partial charge in [-0.2, -0.15) is 0 Å². The highest BCUT2D eigenvalue weighted by Crippen LogP contribution is 2.26. The summed E-state index contributed by atoms with van der Waals surface area (Å²) in [6, 6.07) is 4.05. The van der Waals surface area contributed by atoms with E-state index in [-0.39, 0.29) is 0 Å². The smallest absolute Gasteiger partial charge is 0.164 e. The Morgan fingerprint density at radius 3 is 2.80 bits per heavy atom. The molecule has 1 aliphatic rings. The zero-order valence-electron chi connectivity index (χ0n) is 8.97. The van der Waals surface area contributed by atoms with Gasteiger partial charge in [-0.1, -0.05) is 25.7 Å². The highest BCUT2D eigenvalue weighted by Gasteiger charge is 2.13. The summed E-state index contributed by atoms with van der Waals surface area (Å²) in [6.45, 7) is 2.00. The topological polar surface area (TPSA) is 25.2 Å². The molecule has 0 atom stereocenters. The van der Waals surface area contributed by atoms with Gasteiger partial charge in [0.1, 0.15) is 5.76 Å². The molecule has 0 unspecified atom stereocenters. The van der Waals surface area contributed by atoms with Crippen LogP contribution in [0.5, 0.6) is 0 Å². The zero-order valence-corrected chi connectivity index (χ0v) is 11.1. The zero-order chi connectivity index (χ0) is 10.5. The van der Waals surface area contributed by atoms with E-state index in [2.05, 4.69) is 27.9 Å². The number of furan rings is 1. The minimum Gasteiger partial charge on any atom is -0.454 e. The lowest BCUT2D eigenvalue weighted by Crippen LogP contribution is -2.16. The molecule has 0 aromatic carbocycles. The van der Waals surface area contributed by atoms with Crippen molar-refractivity contribution < 1.29 is 4.42 Å². The first-order valence-electron chi connectivity index (χ1n) is 5.79. The Morgan fingerprint density at radius 2 is 2.13 bits per heavy atom. The van der Waals surface area contributed by atoms with Crippen LogP contribution in [-0.2, 0) is 6.54 Å². The number of rotatable bonds is 5. The lowest BCUT2D eigenvalue weighted by Gasteiger charge is -2.08. The molecule has 0 aliphatic heterocycles. The molecule has 0 radical (unpaired) electrons. The fourth-order valence-corrected chi connectivity index (χ4v) is 2.73. The van der Waals surface area contributed by atoms with E-state index in [9.17, 15) is 0 Å². The van der Waals surface area contributed by atoms with Crippen molar-refractivity contribution in [2.75, 3.05) is 6.54 Å². The molecular formula is C12H18INO. The largest absolute Gasteiger partial charge is 0.454 e. The minimum atomic E-state index is 0.871. The van der Waals surface area contributed by atoms with Crippen molar-refractivity contribution in [1.29, 1.82) is 0 Å².